The van der Waals surface area contributed by atoms with Crippen molar-refractivity contribution < 1.29 is 36.6 Å². The lowest BCUT2D eigenvalue weighted by Gasteiger charge is -2.17. The standard InChI is InChI=1S/C15H14F4N2O4/c1-24-11-4-3-8(16)12-7(11)5-9(20-12)13(22)21-10(14(23)25-2)6-15(17,18)19/h3-5,10,20H,6H2,1-2H3,(H,21,22)/t10-/m0/s1. The van der Waals surface area contributed by atoms with Crippen molar-refractivity contribution in [3.8, 4) is 5.75 Å². The van der Waals surface area contributed by atoms with E-state index in [0.29, 0.717) is 0 Å². The summed E-state index contributed by atoms with van der Waals surface area (Å²) in [5.74, 6) is -2.66. The van der Waals surface area contributed by atoms with Crippen LogP contribution in [0.3, 0.4) is 0 Å². The summed E-state index contributed by atoms with van der Waals surface area (Å²) in [4.78, 5) is 26.1. The van der Waals surface area contributed by atoms with Crippen LogP contribution in [0.4, 0.5) is 17.6 Å². The molecule has 2 aromatic rings. The number of hydrogen-bond acceptors (Lipinski definition) is 4. The lowest BCUT2D eigenvalue weighted by atomic mass is 10.2. The SMILES string of the molecule is COC(=O)[C@H](CC(F)(F)F)NC(=O)c1cc2c(OC)ccc(F)c2[nH]1. The third-order valence-electron chi connectivity index (χ3n) is 3.39. The molecule has 6 nitrogen and oxygen atoms in total. The maximum atomic E-state index is 13.8. The summed E-state index contributed by atoms with van der Waals surface area (Å²) in [6.45, 7) is 0. The molecule has 0 spiro atoms. The molecule has 136 valence electrons. The molecule has 0 fully saturated rings. The summed E-state index contributed by atoms with van der Waals surface area (Å²) < 4.78 is 60.7. The van der Waals surface area contributed by atoms with Gasteiger partial charge in [0.15, 0.2) is 0 Å². The number of carbonyl (C=O) groups is 2. The van der Waals surface area contributed by atoms with Gasteiger partial charge in [0.05, 0.1) is 26.2 Å². The lowest BCUT2D eigenvalue weighted by Crippen LogP contribution is -2.44. The highest BCUT2D eigenvalue weighted by Crippen LogP contribution is 2.28. The molecular weight excluding hydrogens is 348 g/mol. The van der Waals surface area contributed by atoms with Crippen LogP contribution in [0.5, 0.6) is 5.75 Å². The molecule has 25 heavy (non-hydrogen) atoms. The third kappa shape index (κ3) is 4.20. The van der Waals surface area contributed by atoms with E-state index in [9.17, 15) is 27.2 Å². The molecule has 2 N–H and O–H groups in total. The van der Waals surface area contributed by atoms with E-state index in [-0.39, 0.29) is 22.3 Å². The van der Waals surface area contributed by atoms with Crippen LogP contribution < -0.4 is 10.1 Å². The molecule has 2 rings (SSSR count). The Morgan fingerprint density at radius 2 is 1.96 bits per heavy atom. The molecule has 10 heteroatoms. The topological polar surface area (TPSA) is 80.4 Å². The molecule has 0 unspecified atom stereocenters. The van der Waals surface area contributed by atoms with E-state index in [1.807, 2.05) is 5.32 Å². The van der Waals surface area contributed by atoms with Crippen LogP contribution in [-0.2, 0) is 9.53 Å². The normalized spacial score (nSPS) is 12.7. The Balaban J connectivity index is 2.31. The number of aromatic nitrogens is 1. The molecule has 1 amide bonds. The number of alkyl halides is 3. The molecule has 0 saturated carbocycles. The summed E-state index contributed by atoms with van der Waals surface area (Å²) in [7, 11) is 2.25. The fourth-order valence-electron chi connectivity index (χ4n) is 2.26. The summed E-state index contributed by atoms with van der Waals surface area (Å²) in [5, 5.41) is 2.16. The number of aromatic amines is 1. The van der Waals surface area contributed by atoms with Gasteiger partial charge in [-0.3, -0.25) is 4.79 Å². The number of fused-ring (bicyclic) bond motifs is 1. The number of methoxy groups -OCH3 is 2. The van der Waals surface area contributed by atoms with Gasteiger partial charge >= 0.3 is 12.1 Å². The van der Waals surface area contributed by atoms with E-state index < -0.39 is 36.3 Å². The summed E-state index contributed by atoms with van der Waals surface area (Å²) in [6.07, 6.45) is -6.29. The number of rotatable bonds is 5. The van der Waals surface area contributed by atoms with E-state index in [0.717, 1.165) is 13.2 Å². The van der Waals surface area contributed by atoms with Gasteiger partial charge < -0.3 is 19.8 Å². The number of H-pyrrole nitrogens is 1. The molecule has 1 aromatic carbocycles. The van der Waals surface area contributed by atoms with Crippen molar-refractivity contribution in [1.82, 2.24) is 10.3 Å². The Kier molecular flexibility index (Phi) is 5.19. The van der Waals surface area contributed by atoms with E-state index in [4.69, 9.17) is 4.74 Å². The molecule has 0 aliphatic rings. The van der Waals surface area contributed by atoms with Crippen LogP contribution >= 0.6 is 0 Å². The van der Waals surface area contributed by atoms with Crippen molar-refractivity contribution in [2.45, 2.75) is 18.6 Å². The van der Waals surface area contributed by atoms with Gasteiger partial charge in [0.2, 0.25) is 0 Å². The Bertz CT molecular complexity index is 801. The molecule has 1 aromatic heterocycles. The number of amides is 1. The first-order chi connectivity index (χ1) is 11.7. The number of benzene rings is 1. The van der Waals surface area contributed by atoms with Gasteiger partial charge in [-0.25, -0.2) is 9.18 Å². The average Bonchev–Trinajstić information content (AvgIpc) is 2.99. The highest BCUT2D eigenvalue weighted by atomic mass is 19.4. The zero-order valence-corrected chi connectivity index (χ0v) is 13.2. The van der Waals surface area contributed by atoms with Gasteiger partial charge in [-0.1, -0.05) is 0 Å². The van der Waals surface area contributed by atoms with Crippen molar-refractivity contribution in [2.75, 3.05) is 14.2 Å². The van der Waals surface area contributed by atoms with E-state index in [1.165, 1.54) is 19.2 Å². The van der Waals surface area contributed by atoms with Crippen LogP contribution in [0.2, 0.25) is 0 Å². The fraction of sp³-hybridized carbons (Fsp3) is 0.333. The highest BCUT2D eigenvalue weighted by molar-refractivity contribution is 6.01. The van der Waals surface area contributed by atoms with Crippen LogP contribution in [0.15, 0.2) is 18.2 Å². The van der Waals surface area contributed by atoms with Crippen LogP contribution in [-0.4, -0.2) is 43.3 Å². The van der Waals surface area contributed by atoms with Crippen molar-refractivity contribution in [1.29, 1.82) is 0 Å². The highest BCUT2D eigenvalue weighted by Gasteiger charge is 2.37. The largest absolute Gasteiger partial charge is 0.496 e. The molecule has 0 aliphatic heterocycles. The van der Waals surface area contributed by atoms with Crippen molar-refractivity contribution in [3.05, 3.63) is 29.7 Å². The molecule has 0 radical (unpaired) electrons. The summed E-state index contributed by atoms with van der Waals surface area (Å²) >= 11 is 0. The first-order valence-corrected chi connectivity index (χ1v) is 6.97. The lowest BCUT2D eigenvalue weighted by molar-refractivity contribution is -0.160. The molecule has 0 bridgehead atoms. The quantitative estimate of drug-likeness (QED) is 0.633. The Morgan fingerprint density at radius 1 is 1.28 bits per heavy atom. The van der Waals surface area contributed by atoms with Crippen molar-refractivity contribution >= 4 is 22.8 Å². The first-order valence-electron chi connectivity index (χ1n) is 6.97. The maximum absolute atomic E-state index is 13.8. The van der Waals surface area contributed by atoms with Crippen LogP contribution in [0.1, 0.15) is 16.9 Å². The van der Waals surface area contributed by atoms with E-state index >= 15 is 0 Å². The maximum Gasteiger partial charge on any atom is 0.391 e. The second-order valence-corrected chi connectivity index (χ2v) is 5.09. The molecule has 0 saturated heterocycles. The van der Waals surface area contributed by atoms with E-state index in [2.05, 4.69) is 9.72 Å². The molecule has 1 heterocycles. The minimum Gasteiger partial charge on any atom is -0.496 e. The predicted molar refractivity (Wildman–Crippen MR) is 78.8 cm³/mol. The zero-order valence-electron chi connectivity index (χ0n) is 13.2. The number of halogens is 4. The molecular formula is C15H14F4N2O4. The minimum absolute atomic E-state index is 0.0464. The summed E-state index contributed by atoms with van der Waals surface area (Å²) in [5.41, 5.74) is -0.274. The van der Waals surface area contributed by atoms with Crippen LogP contribution in [0, 0.1) is 5.82 Å². The van der Waals surface area contributed by atoms with Gasteiger partial charge in [-0.2, -0.15) is 13.2 Å². The average molecular weight is 362 g/mol. The van der Waals surface area contributed by atoms with Crippen molar-refractivity contribution in [2.24, 2.45) is 0 Å². The number of nitrogens with one attached hydrogen (secondary N) is 2. The van der Waals surface area contributed by atoms with Gasteiger partial charge in [-0.05, 0) is 18.2 Å². The molecule has 0 aliphatic carbocycles. The van der Waals surface area contributed by atoms with E-state index in [1.54, 1.807) is 0 Å². The van der Waals surface area contributed by atoms with Gasteiger partial charge in [0.1, 0.15) is 23.3 Å². The monoisotopic (exact) mass is 362 g/mol. The Hall–Kier alpha value is -2.78. The molecule has 1 atom stereocenters. The first kappa shape index (κ1) is 18.6. The van der Waals surface area contributed by atoms with Crippen molar-refractivity contribution in [3.63, 3.8) is 0 Å². The number of hydrogen-bond donors (Lipinski definition) is 2. The number of esters is 1. The zero-order chi connectivity index (χ0) is 18.8. The second-order valence-electron chi connectivity index (χ2n) is 5.09. The minimum atomic E-state index is -4.69. The Morgan fingerprint density at radius 3 is 2.52 bits per heavy atom. The Labute approximate surface area is 139 Å². The van der Waals surface area contributed by atoms with Gasteiger partial charge in [0.25, 0.3) is 5.91 Å². The smallest absolute Gasteiger partial charge is 0.391 e. The number of carbonyl (C=O) groups excluding carboxylic acids is 2. The van der Waals surface area contributed by atoms with Gasteiger partial charge in [-0.15, -0.1) is 0 Å². The summed E-state index contributed by atoms with van der Waals surface area (Å²) in [6, 6.07) is 1.75. The predicted octanol–water partition coefficient (Wildman–Crippen LogP) is 2.54. The second kappa shape index (κ2) is 6.99. The fourth-order valence-corrected chi connectivity index (χ4v) is 2.26. The van der Waals surface area contributed by atoms with Crippen LogP contribution in [0.25, 0.3) is 10.9 Å². The number of ether oxygens (including phenoxy) is 2. The third-order valence-corrected chi connectivity index (χ3v) is 3.39. The van der Waals surface area contributed by atoms with Gasteiger partial charge in [0, 0.05) is 5.39 Å².